The Bertz CT molecular complexity index is 971. The van der Waals surface area contributed by atoms with E-state index in [-0.39, 0.29) is 11.7 Å². The Balaban J connectivity index is 1.20. The van der Waals surface area contributed by atoms with E-state index < -0.39 is 0 Å². The Kier molecular flexibility index (Phi) is 6.48. The average Bonchev–Trinajstić information content (AvgIpc) is 3.50. The van der Waals surface area contributed by atoms with Gasteiger partial charge < -0.3 is 19.2 Å². The third-order valence-electron chi connectivity index (χ3n) is 4.52. The molecule has 2 aromatic heterocycles. The zero-order valence-electron chi connectivity index (χ0n) is 16.5. The molecule has 1 saturated carbocycles. The van der Waals surface area contributed by atoms with Crippen molar-refractivity contribution in [2.24, 2.45) is 5.92 Å². The summed E-state index contributed by atoms with van der Waals surface area (Å²) >= 11 is 1.19. The summed E-state index contributed by atoms with van der Waals surface area (Å²) < 4.78 is 16.4. The number of rotatable bonds is 10. The second kappa shape index (κ2) is 9.62. The molecule has 0 bridgehead atoms. The van der Waals surface area contributed by atoms with Crippen molar-refractivity contribution >= 4 is 17.7 Å². The fourth-order valence-electron chi connectivity index (χ4n) is 2.59. The first-order valence-corrected chi connectivity index (χ1v) is 10.6. The van der Waals surface area contributed by atoms with Gasteiger partial charge in [0.1, 0.15) is 5.75 Å². The van der Waals surface area contributed by atoms with Crippen LogP contribution < -0.4 is 14.8 Å². The second-order valence-electron chi connectivity index (χ2n) is 6.93. The van der Waals surface area contributed by atoms with E-state index in [4.69, 9.17) is 13.9 Å². The highest BCUT2D eigenvalue weighted by Gasteiger charge is 2.22. The lowest BCUT2D eigenvalue weighted by Crippen LogP contribution is -2.24. The molecule has 1 amide bonds. The van der Waals surface area contributed by atoms with Gasteiger partial charge in [-0.1, -0.05) is 17.8 Å². The van der Waals surface area contributed by atoms with Crippen LogP contribution in [0.5, 0.6) is 11.6 Å². The molecule has 4 rings (SSSR count). The fourth-order valence-corrected chi connectivity index (χ4v) is 3.18. The van der Waals surface area contributed by atoms with Gasteiger partial charge in [-0.3, -0.25) is 4.79 Å². The summed E-state index contributed by atoms with van der Waals surface area (Å²) in [5, 5.41) is 11.2. The molecule has 0 aliphatic heterocycles. The Morgan fingerprint density at radius 3 is 2.73 bits per heavy atom. The van der Waals surface area contributed by atoms with Crippen LogP contribution in [0.2, 0.25) is 0 Å². The average molecular weight is 426 g/mol. The Morgan fingerprint density at radius 1 is 1.20 bits per heavy atom. The number of aromatic nitrogens is 3. The molecule has 0 unspecified atom stereocenters. The van der Waals surface area contributed by atoms with Gasteiger partial charge in [0.05, 0.1) is 19.5 Å². The van der Waals surface area contributed by atoms with Crippen LogP contribution in [0.3, 0.4) is 0 Å². The highest BCUT2D eigenvalue weighted by molar-refractivity contribution is 7.99. The number of benzene rings is 1. The number of thioether (sulfide) groups is 1. The topological polar surface area (TPSA) is 99.4 Å². The van der Waals surface area contributed by atoms with Crippen molar-refractivity contribution in [2.45, 2.75) is 24.6 Å². The summed E-state index contributed by atoms with van der Waals surface area (Å²) in [6.07, 6.45) is 4.21. The fraction of sp³-hybridized carbons (Fsp3) is 0.333. The van der Waals surface area contributed by atoms with Crippen LogP contribution in [-0.4, -0.2) is 40.6 Å². The first-order chi connectivity index (χ1) is 14.7. The molecule has 9 heteroatoms. The Labute approximate surface area is 178 Å². The zero-order chi connectivity index (χ0) is 20.8. The number of methoxy groups -OCH3 is 1. The minimum Gasteiger partial charge on any atom is -0.497 e. The predicted molar refractivity (Wildman–Crippen MR) is 111 cm³/mol. The van der Waals surface area contributed by atoms with Crippen LogP contribution >= 0.6 is 11.8 Å². The van der Waals surface area contributed by atoms with E-state index >= 15 is 0 Å². The SMILES string of the molecule is COc1ccc(-c2nnc(SCC(=O)NCc3ccc(OCC4CC4)nc3)o2)cc1. The third-order valence-corrected chi connectivity index (χ3v) is 5.34. The third kappa shape index (κ3) is 5.73. The van der Waals surface area contributed by atoms with Gasteiger partial charge in [0.15, 0.2) is 0 Å². The van der Waals surface area contributed by atoms with Gasteiger partial charge in [-0.05, 0) is 48.6 Å². The van der Waals surface area contributed by atoms with Crippen molar-refractivity contribution in [1.82, 2.24) is 20.5 Å². The van der Waals surface area contributed by atoms with Crippen LogP contribution in [0.4, 0.5) is 0 Å². The van der Waals surface area contributed by atoms with Crippen LogP contribution in [0.25, 0.3) is 11.5 Å². The molecule has 156 valence electrons. The number of nitrogens with zero attached hydrogens (tertiary/aromatic N) is 3. The molecule has 0 radical (unpaired) electrons. The monoisotopic (exact) mass is 426 g/mol. The Hall–Kier alpha value is -3.07. The molecule has 1 N–H and O–H groups in total. The van der Waals surface area contributed by atoms with Crippen molar-refractivity contribution < 1.29 is 18.7 Å². The van der Waals surface area contributed by atoms with E-state index in [9.17, 15) is 4.79 Å². The largest absolute Gasteiger partial charge is 0.497 e. The van der Waals surface area contributed by atoms with Gasteiger partial charge in [-0.25, -0.2) is 4.98 Å². The highest BCUT2D eigenvalue weighted by atomic mass is 32.2. The van der Waals surface area contributed by atoms with Crippen molar-refractivity contribution in [1.29, 1.82) is 0 Å². The van der Waals surface area contributed by atoms with Crippen molar-refractivity contribution in [3.8, 4) is 23.1 Å². The number of amides is 1. The van der Waals surface area contributed by atoms with E-state index in [1.54, 1.807) is 13.3 Å². The summed E-state index contributed by atoms with van der Waals surface area (Å²) in [5.41, 5.74) is 1.70. The van der Waals surface area contributed by atoms with E-state index in [0.717, 1.165) is 23.5 Å². The molecule has 2 heterocycles. The lowest BCUT2D eigenvalue weighted by Gasteiger charge is -2.06. The number of nitrogens with one attached hydrogen (secondary N) is 1. The minimum atomic E-state index is -0.127. The molecular formula is C21H22N4O4S. The number of carbonyl (C=O) groups is 1. The molecule has 8 nitrogen and oxygen atoms in total. The second-order valence-corrected chi connectivity index (χ2v) is 7.85. The quantitative estimate of drug-likeness (QED) is 0.493. The summed E-state index contributed by atoms with van der Waals surface area (Å²) in [6, 6.07) is 11.0. The molecule has 1 aromatic carbocycles. The number of pyridine rings is 1. The van der Waals surface area contributed by atoms with E-state index in [1.807, 2.05) is 36.4 Å². The van der Waals surface area contributed by atoms with E-state index in [2.05, 4.69) is 20.5 Å². The van der Waals surface area contributed by atoms with Crippen LogP contribution in [0.15, 0.2) is 52.2 Å². The molecule has 0 spiro atoms. The maximum absolute atomic E-state index is 12.1. The summed E-state index contributed by atoms with van der Waals surface area (Å²) in [6.45, 7) is 1.13. The Morgan fingerprint density at radius 2 is 2.03 bits per heavy atom. The van der Waals surface area contributed by atoms with E-state index in [0.29, 0.717) is 29.5 Å². The van der Waals surface area contributed by atoms with Crippen molar-refractivity contribution in [2.75, 3.05) is 19.5 Å². The highest BCUT2D eigenvalue weighted by Crippen LogP contribution is 2.29. The zero-order valence-corrected chi connectivity index (χ0v) is 17.4. The van der Waals surface area contributed by atoms with Crippen molar-refractivity contribution in [3.63, 3.8) is 0 Å². The smallest absolute Gasteiger partial charge is 0.277 e. The maximum Gasteiger partial charge on any atom is 0.277 e. The number of hydrogen-bond acceptors (Lipinski definition) is 8. The first kappa shape index (κ1) is 20.2. The van der Waals surface area contributed by atoms with Gasteiger partial charge >= 0.3 is 0 Å². The van der Waals surface area contributed by atoms with Crippen LogP contribution in [-0.2, 0) is 11.3 Å². The van der Waals surface area contributed by atoms with Crippen LogP contribution in [0.1, 0.15) is 18.4 Å². The van der Waals surface area contributed by atoms with Gasteiger partial charge in [0, 0.05) is 24.4 Å². The van der Waals surface area contributed by atoms with Crippen molar-refractivity contribution in [3.05, 3.63) is 48.2 Å². The molecule has 3 aromatic rings. The van der Waals surface area contributed by atoms with Crippen LogP contribution in [0, 0.1) is 5.92 Å². The first-order valence-electron chi connectivity index (χ1n) is 9.65. The minimum absolute atomic E-state index is 0.127. The van der Waals surface area contributed by atoms with Gasteiger partial charge in [-0.2, -0.15) is 0 Å². The maximum atomic E-state index is 12.1. The predicted octanol–water partition coefficient (Wildman–Crippen LogP) is 3.34. The number of carbonyl (C=O) groups excluding carboxylic acids is 1. The summed E-state index contributed by atoms with van der Waals surface area (Å²) in [7, 11) is 1.61. The number of hydrogen-bond donors (Lipinski definition) is 1. The molecule has 1 aliphatic rings. The molecular weight excluding hydrogens is 404 g/mol. The van der Waals surface area contributed by atoms with Gasteiger partial charge in [0.2, 0.25) is 17.7 Å². The molecule has 0 saturated heterocycles. The standard InChI is InChI=1S/C21H22N4O4S/c1-27-17-7-5-16(6-8-17)20-24-25-21(29-20)30-13-18(26)22-10-15-4-9-19(23-11-15)28-12-14-2-3-14/h4-9,11,14H,2-3,10,12-13H2,1H3,(H,22,26). The number of ether oxygens (including phenoxy) is 2. The lowest BCUT2D eigenvalue weighted by atomic mass is 10.2. The molecule has 1 aliphatic carbocycles. The summed E-state index contributed by atoms with van der Waals surface area (Å²) in [4.78, 5) is 16.4. The van der Waals surface area contributed by atoms with E-state index in [1.165, 1.54) is 24.6 Å². The molecule has 1 fully saturated rings. The van der Waals surface area contributed by atoms with Gasteiger partial charge in [-0.15, -0.1) is 10.2 Å². The molecule has 0 atom stereocenters. The summed E-state index contributed by atoms with van der Waals surface area (Å²) in [5.74, 6) is 2.51. The normalized spacial score (nSPS) is 13.1. The molecule has 30 heavy (non-hydrogen) atoms. The van der Waals surface area contributed by atoms with Gasteiger partial charge in [0.25, 0.3) is 5.22 Å². The lowest BCUT2D eigenvalue weighted by molar-refractivity contribution is -0.118.